The van der Waals surface area contributed by atoms with Gasteiger partial charge in [-0.25, -0.2) is 12.8 Å². The number of halogens is 1. The molecule has 0 N–H and O–H groups in total. The van der Waals surface area contributed by atoms with Crippen molar-refractivity contribution in [2.45, 2.75) is 31.1 Å². The lowest BCUT2D eigenvalue weighted by Gasteiger charge is -2.17. The lowest BCUT2D eigenvalue weighted by molar-refractivity contribution is -0.129. The minimum Gasteiger partial charge on any atom is -0.342 e. The summed E-state index contributed by atoms with van der Waals surface area (Å²) in [5.74, 6) is -0.237. The molecule has 1 atom stereocenters. The molecule has 0 saturated carbocycles. The average molecular weight is 389 g/mol. The van der Waals surface area contributed by atoms with Crippen LogP contribution in [0.5, 0.6) is 0 Å². The minimum atomic E-state index is -3.44. The molecule has 1 unspecified atom stereocenters. The van der Waals surface area contributed by atoms with Crippen LogP contribution in [0.3, 0.4) is 0 Å². The number of carbonyl (C=O) groups is 1. The maximum Gasteiger partial charge on any atom is 0.223 e. The smallest absolute Gasteiger partial charge is 0.223 e. The zero-order valence-corrected chi connectivity index (χ0v) is 16.2. The van der Waals surface area contributed by atoms with Gasteiger partial charge < -0.3 is 4.90 Å². The summed E-state index contributed by atoms with van der Waals surface area (Å²) in [5.41, 5.74) is 1.56. The fourth-order valence-electron chi connectivity index (χ4n) is 3.45. The number of rotatable bonds is 6. The largest absolute Gasteiger partial charge is 0.342 e. The van der Waals surface area contributed by atoms with E-state index < -0.39 is 9.84 Å². The Morgan fingerprint density at radius 3 is 2.63 bits per heavy atom. The molecule has 1 amide bonds. The molecule has 4 nitrogen and oxygen atoms in total. The molecule has 1 aliphatic rings. The van der Waals surface area contributed by atoms with Crippen LogP contribution in [-0.2, 0) is 21.1 Å². The van der Waals surface area contributed by atoms with Crippen molar-refractivity contribution in [3.63, 3.8) is 0 Å². The highest BCUT2D eigenvalue weighted by atomic mass is 32.2. The Bertz CT molecular complexity index is 912. The number of benzene rings is 2. The van der Waals surface area contributed by atoms with Gasteiger partial charge in [0.15, 0.2) is 9.84 Å². The summed E-state index contributed by atoms with van der Waals surface area (Å²) in [5, 5.41) is 0. The van der Waals surface area contributed by atoms with E-state index in [9.17, 15) is 17.6 Å². The summed E-state index contributed by atoms with van der Waals surface area (Å²) < 4.78 is 38.3. The number of likely N-dealkylation sites (tertiary alicyclic amines) is 1. The molecule has 1 fully saturated rings. The van der Waals surface area contributed by atoms with Crippen molar-refractivity contribution in [3.05, 3.63) is 65.5 Å². The monoisotopic (exact) mass is 389 g/mol. The topological polar surface area (TPSA) is 54.5 Å². The van der Waals surface area contributed by atoms with Gasteiger partial charge in [-0.15, -0.1) is 0 Å². The van der Waals surface area contributed by atoms with Crippen LogP contribution in [-0.4, -0.2) is 38.1 Å². The van der Waals surface area contributed by atoms with E-state index in [1.165, 1.54) is 0 Å². The molecule has 27 heavy (non-hydrogen) atoms. The standard InChI is InChI=1S/C21H24FNO3S/c1-16-7-8-17(14-20(16)22)13-18-9-11-23(15-18)21(24)10-12-27(25,26)19-5-3-2-4-6-19/h2-8,14,18H,9-13,15H2,1H3. The fraction of sp³-hybridized carbons (Fsp3) is 0.381. The summed E-state index contributed by atoms with van der Waals surface area (Å²) in [6, 6.07) is 13.5. The lowest BCUT2D eigenvalue weighted by atomic mass is 9.98. The molecule has 6 heteroatoms. The second-order valence-electron chi connectivity index (χ2n) is 7.16. The van der Waals surface area contributed by atoms with Crippen LogP contribution >= 0.6 is 0 Å². The molecule has 0 radical (unpaired) electrons. The second kappa shape index (κ2) is 8.21. The maximum atomic E-state index is 13.7. The summed E-state index contributed by atoms with van der Waals surface area (Å²) >= 11 is 0. The quantitative estimate of drug-likeness (QED) is 0.761. The number of amides is 1. The molecule has 1 aliphatic heterocycles. The van der Waals surface area contributed by atoms with E-state index in [4.69, 9.17) is 0 Å². The van der Waals surface area contributed by atoms with Gasteiger partial charge in [0, 0.05) is 19.5 Å². The van der Waals surface area contributed by atoms with Gasteiger partial charge in [0.05, 0.1) is 10.6 Å². The number of nitrogens with zero attached hydrogens (tertiary/aromatic N) is 1. The number of hydrogen-bond donors (Lipinski definition) is 0. The Kier molecular flexibility index (Phi) is 5.95. The Labute approximate surface area is 159 Å². The molecule has 2 aromatic rings. The van der Waals surface area contributed by atoms with Crippen molar-refractivity contribution in [2.75, 3.05) is 18.8 Å². The predicted molar refractivity (Wildman–Crippen MR) is 103 cm³/mol. The van der Waals surface area contributed by atoms with E-state index in [2.05, 4.69) is 0 Å². The Hall–Kier alpha value is -2.21. The first kappa shape index (κ1) is 19.5. The third-order valence-electron chi connectivity index (χ3n) is 5.09. The average Bonchev–Trinajstić information content (AvgIpc) is 3.12. The second-order valence-corrected chi connectivity index (χ2v) is 9.27. The van der Waals surface area contributed by atoms with E-state index in [0.717, 1.165) is 18.4 Å². The van der Waals surface area contributed by atoms with Crippen LogP contribution in [0.1, 0.15) is 24.0 Å². The van der Waals surface area contributed by atoms with Gasteiger partial charge in [0.1, 0.15) is 5.82 Å². The number of carbonyl (C=O) groups excluding carboxylic acids is 1. The first-order valence-corrected chi connectivity index (χ1v) is 10.8. The van der Waals surface area contributed by atoms with E-state index in [-0.39, 0.29) is 34.7 Å². The molecular formula is C21H24FNO3S. The van der Waals surface area contributed by atoms with Crippen molar-refractivity contribution in [3.8, 4) is 0 Å². The summed E-state index contributed by atoms with van der Waals surface area (Å²) in [6.07, 6.45) is 1.57. The minimum absolute atomic E-state index is 0.0108. The third kappa shape index (κ3) is 4.95. The summed E-state index contributed by atoms with van der Waals surface area (Å²) in [6.45, 7) is 2.96. The van der Waals surface area contributed by atoms with Crippen molar-refractivity contribution >= 4 is 15.7 Å². The first-order chi connectivity index (χ1) is 12.8. The highest BCUT2D eigenvalue weighted by molar-refractivity contribution is 7.91. The predicted octanol–water partition coefficient (Wildman–Crippen LogP) is 3.39. The zero-order valence-electron chi connectivity index (χ0n) is 15.4. The molecule has 2 aromatic carbocycles. The van der Waals surface area contributed by atoms with Gasteiger partial charge in [-0.1, -0.05) is 30.3 Å². The van der Waals surface area contributed by atoms with E-state index in [0.29, 0.717) is 18.7 Å². The highest BCUT2D eigenvalue weighted by Gasteiger charge is 2.27. The van der Waals surface area contributed by atoms with Gasteiger partial charge in [-0.3, -0.25) is 4.79 Å². The third-order valence-corrected chi connectivity index (χ3v) is 6.82. The molecule has 144 valence electrons. The van der Waals surface area contributed by atoms with Gasteiger partial charge in [0.2, 0.25) is 5.91 Å². The Morgan fingerprint density at radius 2 is 1.93 bits per heavy atom. The number of hydrogen-bond acceptors (Lipinski definition) is 3. The molecule has 1 saturated heterocycles. The molecule has 0 spiro atoms. The van der Waals surface area contributed by atoms with Gasteiger partial charge in [-0.2, -0.15) is 0 Å². The van der Waals surface area contributed by atoms with Crippen molar-refractivity contribution in [1.82, 2.24) is 4.90 Å². The number of sulfone groups is 1. The SMILES string of the molecule is Cc1ccc(CC2CCN(C(=O)CCS(=O)(=O)c3ccccc3)C2)cc1F. The molecule has 1 heterocycles. The van der Waals surface area contributed by atoms with Crippen LogP contribution < -0.4 is 0 Å². The summed E-state index contributed by atoms with van der Waals surface area (Å²) in [7, 11) is -3.44. The van der Waals surface area contributed by atoms with Gasteiger partial charge >= 0.3 is 0 Å². The Morgan fingerprint density at radius 1 is 1.19 bits per heavy atom. The van der Waals surface area contributed by atoms with Crippen LogP contribution in [0.2, 0.25) is 0 Å². The van der Waals surface area contributed by atoms with E-state index in [1.807, 2.05) is 6.07 Å². The Balaban J connectivity index is 1.52. The summed E-state index contributed by atoms with van der Waals surface area (Å²) in [4.78, 5) is 14.4. The molecule has 0 aliphatic carbocycles. The molecule has 0 aromatic heterocycles. The fourth-order valence-corrected chi connectivity index (χ4v) is 4.70. The van der Waals surface area contributed by atoms with Crippen molar-refractivity contribution in [1.29, 1.82) is 0 Å². The lowest BCUT2D eigenvalue weighted by Crippen LogP contribution is -2.30. The molecular weight excluding hydrogens is 365 g/mol. The highest BCUT2D eigenvalue weighted by Crippen LogP contribution is 2.23. The van der Waals surface area contributed by atoms with E-state index in [1.54, 1.807) is 54.3 Å². The number of aryl methyl sites for hydroxylation is 1. The van der Waals surface area contributed by atoms with Crippen LogP contribution in [0.15, 0.2) is 53.4 Å². The van der Waals surface area contributed by atoms with Crippen molar-refractivity contribution in [2.24, 2.45) is 5.92 Å². The van der Waals surface area contributed by atoms with Crippen molar-refractivity contribution < 1.29 is 17.6 Å². The van der Waals surface area contributed by atoms with Gasteiger partial charge in [-0.05, 0) is 55.0 Å². The first-order valence-electron chi connectivity index (χ1n) is 9.16. The molecule has 0 bridgehead atoms. The molecule has 3 rings (SSSR count). The van der Waals surface area contributed by atoms with Gasteiger partial charge in [0.25, 0.3) is 0 Å². The van der Waals surface area contributed by atoms with Crippen LogP contribution in [0.25, 0.3) is 0 Å². The van der Waals surface area contributed by atoms with Crippen LogP contribution in [0.4, 0.5) is 4.39 Å². The normalized spacial score (nSPS) is 17.3. The zero-order chi connectivity index (χ0) is 19.4. The maximum absolute atomic E-state index is 13.7. The van der Waals surface area contributed by atoms with E-state index >= 15 is 0 Å². The van der Waals surface area contributed by atoms with Crippen LogP contribution in [0, 0.1) is 18.7 Å².